The van der Waals surface area contributed by atoms with Crippen molar-refractivity contribution in [1.82, 2.24) is 5.23 Å². The van der Waals surface area contributed by atoms with Gasteiger partial charge in [-0.05, 0) is 13.3 Å². The molecule has 0 spiro atoms. The summed E-state index contributed by atoms with van der Waals surface area (Å²) < 4.78 is 0. The molecule has 0 saturated heterocycles. The Morgan fingerprint density at radius 1 is 1.42 bits per heavy atom. The number of carbonyl (C=O) groups excluding carboxylic acids is 1. The summed E-state index contributed by atoms with van der Waals surface area (Å²) in [6.45, 7) is 3.68. The van der Waals surface area contributed by atoms with Crippen LogP contribution in [0.5, 0.6) is 0 Å². The predicted molar refractivity (Wildman–Crippen MR) is 44.9 cm³/mol. The van der Waals surface area contributed by atoms with Gasteiger partial charge in [0.15, 0.2) is 0 Å². The van der Waals surface area contributed by atoms with Crippen LogP contribution in [0.4, 0.5) is 0 Å². The van der Waals surface area contributed by atoms with E-state index >= 15 is 0 Å². The van der Waals surface area contributed by atoms with Crippen molar-refractivity contribution in [1.29, 1.82) is 0 Å². The molecule has 12 heavy (non-hydrogen) atoms. The van der Waals surface area contributed by atoms with Crippen molar-refractivity contribution < 1.29 is 14.5 Å². The first-order valence-corrected chi connectivity index (χ1v) is 3.76. The summed E-state index contributed by atoms with van der Waals surface area (Å²) in [7, 11) is 2.75. The van der Waals surface area contributed by atoms with Crippen molar-refractivity contribution in [2.24, 2.45) is 0 Å². The standard InChI is InChI=1S/C8H15NO3/c1-5-6-7(2)8(10)9(11-3)12-4/h6H,5H2,1-4H3. The maximum Gasteiger partial charge on any atom is 0.299 e. The Bertz CT molecular complexity index is 173. The summed E-state index contributed by atoms with van der Waals surface area (Å²) in [4.78, 5) is 20.6. The summed E-state index contributed by atoms with van der Waals surface area (Å²) in [5.74, 6) is -0.276. The molecule has 0 heterocycles. The van der Waals surface area contributed by atoms with Gasteiger partial charge in [0, 0.05) is 5.57 Å². The zero-order valence-corrected chi connectivity index (χ0v) is 7.96. The highest BCUT2D eigenvalue weighted by molar-refractivity contribution is 5.91. The molecule has 0 saturated carbocycles. The molecule has 4 nitrogen and oxygen atoms in total. The van der Waals surface area contributed by atoms with E-state index in [1.54, 1.807) is 6.92 Å². The smallest absolute Gasteiger partial charge is 0.265 e. The van der Waals surface area contributed by atoms with Crippen molar-refractivity contribution in [3.63, 3.8) is 0 Å². The minimum Gasteiger partial charge on any atom is -0.265 e. The second-order valence-corrected chi connectivity index (χ2v) is 2.22. The molecule has 0 unspecified atom stereocenters. The first-order chi connectivity index (χ1) is 5.67. The van der Waals surface area contributed by atoms with Crippen LogP contribution in [0.3, 0.4) is 0 Å². The number of hydroxylamine groups is 2. The highest BCUT2D eigenvalue weighted by atomic mass is 16.9. The van der Waals surface area contributed by atoms with Crippen LogP contribution in [-0.4, -0.2) is 25.4 Å². The second-order valence-electron chi connectivity index (χ2n) is 2.22. The molecule has 0 radical (unpaired) electrons. The molecule has 4 heteroatoms. The lowest BCUT2D eigenvalue weighted by molar-refractivity contribution is -0.314. The van der Waals surface area contributed by atoms with E-state index in [1.807, 2.05) is 13.0 Å². The van der Waals surface area contributed by atoms with Crippen molar-refractivity contribution in [3.05, 3.63) is 11.6 Å². The molecule has 0 fully saturated rings. The Kier molecular flexibility index (Phi) is 5.32. The summed E-state index contributed by atoms with van der Waals surface area (Å²) in [5.41, 5.74) is 0.612. The Labute approximate surface area is 72.7 Å². The Morgan fingerprint density at radius 2 is 1.92 bits per heavy atom. The van der Waals surface area contributed by atoms with Gasteiger partial charge in [0.2, 0.25) is 0 Å². The summed E-state index contributed by atoms with van der Waals surface area (Å²) in [5, 5.41) is 0.835. The van der Waals surface area contributed by atoms with Crippen LogP contribution in [0.25, 0.3) is 0 Å². The molecule has 0 rings (SSSR count). The minimum atomic E-state index is -0.276. The molecule has 0 aromatic heterocycles. The maximum atomic E-state index is 11.3. The van der Waals surface area contributed by atoms with E-state index in [0.717, 1.165) is 11.6 Å². The molecule has 0 aromatic rings. The molecule has 0 aliphatic carbocycles. The monoisotopic (exact) mass is 173 g/mol. The van der Waals surface area contributed by atoms with E-state index in [1.165, 1.54) is 14.2 Å². The van der Waals surface area contributed by atoms with Gasteiger partial charge in [-0.2, -0.15) is 0 Å². The van der Waals surface area contributed by atoms with Gasteiger partial charge in [-0.25, -0.2) is 9.68 Å². The zero-order valence-electron chi connectivity index (χ0n) is 7.96. The Balaban J connectivity index is 4.25. The lowest BCUT2D eigenvalue weighted by Crippen LogP contribution is -2.29. The predicted octanol–water partition coefficient (Wildman–Crippen LogP) is 1.29. The van der Waals surface area contributed by atoms with Crippen LogP contribution in [0.2, 0.25) is 0 Å². The van der Waals surface area contributed by atoms with Crippen LogP contribution in [0, 0.1) is 0 Å². The van der Waals surface area contributed by atoms with Gasteiger partial charge in [-0.1, -0.05) is 18.2 Å². The largest absolute Gasteiger partial charge is 0.299 e. The topological polar surface area (TPSA) is 38.8 Å². The molecule has 70 valence electrons. The molecule has 0 atom stereocenters. The molecule has 1 amide bonds. The quantitative estimate of drug-likeness (QED) is 0.475. The molecular weight excluding hydrogens is 158 g/mol. The second kappa shape index (κ2) is 5.74. The normalized spacial score (nSPS) is 11.5. The van der Waals surface area contributed by atoms with Gasteiger partial charge in [-0.15, -0.1) is 0 Å². The van der Waals surface area contributed by atoms with Gasteiger partial charge in [0.05, 0.1) is 14.2 Å². The summed E-state index contributed by atoms with van der Waals surface area (Å²) in [6.07, 6.45) is 2.63. The maximum absolute atomic E-state index is 11.3. The third-order valence-corrected chi connectivity index (χ3v) is 1.35. The SMILES string of the molecule is CCC=C(C)C(=O)N(OC)OC. The summed E-state index contributed by atoms with van der Waals surface area (Å²) >= 11 is 0. The number of amides is 1. The van der Waals surface area contributed by atoms with Crippen LogP contribution in [0.1, 0.15) is 20.3 Å². The van der Waals surface area contributed by atoms with Crippen molar-refractivity contribution >= 4 is 5.91 Å². The minimum absolute atomic E-state index is 0.276. The zero-order chi connectivity index (χ0) is 9.56. The molecule has 0 bridgehead atoms. The van der Waals surface area contributed by atoms with Crippen LogP contribution < -0.4 is 0 Å². The number of hydrogen-bond donors (Lipinski definition) is 0. The van der Waals surface area contributed by atoms with E-state index in [2.05, 4.69) is 9.68 Å². The van der Waals surface area contributed by atoms with E-state index in [0.29, 0.717) is 5.57 Å². The number of hydrogen-bond acceptors (Lipinski definition) is 3. The van der Waals surface area contributed by atoms with E-state index < -0.39 is 0 Å². The third kappa shape index (κ3) is 3.02. The van der Waals surface area contributed by atoms with Gasteiger partial charge >= 0.3 is 0 Å². The molecule has 0 aliphatic heterocycles. The fourth-order valence-corrected chi connectivity index (χ4v) is 0.778. The third-order valence-electron chi connectivity index (χ3n) is 1.35. The van der Waals surface area contributed by atoms with Gasteiger partial charge < -0.3 is 0 Å². The van der Waals surface area contributed by atoms with Gasteiger partial charge in [-0.3, -0.25) is 4.79 Å². The molecule has 0 aromatic carbocycles. The van der Waals surface area contributed by atoms with Crippen LogP contribution in [0.15, 0.2) is 11.6 Å². The van der Waals surface area contributed by atoms with Crippen molar-refractivity contribution in [2.75, 3.05) is 14.2 Å². The highest BCUT2D eigenvalue weighted by Gasteiger charge is 2.13. The van der Waals surface area contributed by atoms with E-state index in [-0.39, 0.29) is 5.91 Å². The average molecular weight is 173 g/mol. The number of nitrogens with zero attached hydrogens (tertiary/aromatic N) is 1. The van der Waals surface area contributed by atoms with Crippen molar-refractivity contribution in [3.8, 4) is 0 Å². The molecular formula is C8H15NO3. The van der Waals surface area contributed by atoms with Crippen LogP contribution in [-0.2, 0) is 14.5 Å². The Hall–Kier alpha value is -0.870. The van der Waals surface area contributed by atoms with E-state index in [4.69, 9.17) is 0 Å². The first-order valence-electron chi connectivity index (χ1n) is 3.76. The van der Waals surface area contributed by atoms with Gasteiger partial charge in [0.25, 0.3) is 5.91 Å². The molecule has 0 aliphatic rings. The first kappa shape index (κ1) is 11.1. The van der Waals surface area contributed by atoms with Crippen molar-refractivity contribution in [2.45, 2.75) is 20.3 Å². The number of carbonyl (C=O) groups is 1. The summed E-state index contributed by atoms with van der Waals surface area (Å²) in [6, 6.07) is 0. The highest BCUT2D eigenvalue weighted by Crippen LogP contribution is 2.02. The average Bonchev–Trinajstić information content (AvgIpc) is 2.07. The number of rotatable bonds is 4. The fraction of sp³-hybridized carbons (Fsp3) is 0.625. The Morgan fingerprint density at radius 3 is 2.25 bits per heavy atom. The lowest BCUT2D eigenvalue weighted by atomic mass is 10.2. The number of allylic oxidation sites excluding steroid dienone is 1. The van der Waals surface area contributed by atoms with E-state index in [9.17, 15) is 4.79 Å². The van der Waals surface area contributed by atoms with Gasteiger partial charge in [0.1, 0.15) is 0 Å². The lowest BCUT2D eigenvalue weighted by Gasteiger charge is -2.15. The fourth-order valence-electron chi connectivity index (χ4n) is 0.778. The molecule has 0 N–H and O–H groups in total. The van der Waals surface area contributed by atoms with Crippen LogP contribution >= 0.6 is 0 Å².